The van der Waals surface area contributed by atoms with Gasteiger partial charge in [0.15, 0.2) is 6.04 Å². The fourth-order valence-electron chi connectivity index (χ4n) is 2.10. The van der Waals surface area contributed by atoms with Gasteiger partial charge < -0.3 is 14.7 Å². The molecular weight excluding hydrogens is 248 g/mol. The number of amides is 1. The van der Waals surface area contributed by atoms with Crippen molar-refractivity contribution >= 4 is 11.9 Å². The van der Waals surface area contributed by atoms with Gasteiger partial charge in [0.25, 0.3) is 0 Å². The van der Waals surface area contributed by atoms with Gasteiger partial charge in [-0.1, -0.05) is 0 Å². The number of aromatic nitrogens is 1. The number of carbonyl (C=O) groups excluding carboxylic acids is 1. The summed E-state index contributed by atoms with van der Waals surface area (Å²) in [4.78, 5) is 28.6. The van der Waals surface area contributed by atoms with Crippen molar-refractivity contribution in [2.75, 3.05) is 7.11 Å². The molecule has 1 N–H and O–H groups in total. The van der Waals surface area contributed by atoms with E-state index in [0.717, 1.165) is 12.8 Å². The van der Waals surface area contributed by atoms with Crippen LogP contribution in [0.5, 0.6) is 5.88 Å². The van der Waals surface area contributed by atoms with E-state index in [1.165, 1.54) is 25.1 Å². The maximum Gasteiger partial charge on any atom is 0.331 e. The van der Waals surface area contributed by atoms with Crippen molar-refractivity contribution in [1.82, 2.24) is 9.88 Å². The molecule has 0 spiro atoms. The van der Waals surface area contributed by atoms with Crippen LogP contribution in [0, 0.1) is 0 Å². The van der Waals surface area contributed by atoms with Crippen LogP contribution in [-0.4, -0.2) is 40.0 Å². The number of ether oxygens (including phenoxy) is 1. The van der Waals surface area contributed by atoms with Gasteiger partial charge in [-0.15, -0.1) is 0 Å². The third-order valence-corrected chi connectivity index (χ3v) is 3.10. The maximum atomic E-state index is 11.7. The van der Waals surface area contributed by atoms with E-state index in [1.807, 2.05) is 0 Å². The maximum absolute atomic E-state index is 11.7. The molecule has 19 heavy (non-hydrogen) atoms. The molecule has 1 atom stereocenters. The largest absolute Gasteiger partial charge is 0.481 e. The summed E-state index contributed by atoms with van der Waals surface area (Å²) >= 11 is 0. The fourth-order valence-corrected chi connectivity index (χ4v) is 2.10. The molecule has 1 saturated carbocycles. The molecule has 1 amide bonds. The number of carboxylic acid groups (broad SMARTS) is 1. The fraction of sp³-hybridized carbons (Fsp3) is 0.462. The second-order valence-corrected chi connectivity index (χ2v) is 4.53. The molecule has 2 rings (SSSR count). The predicted octanol–water partition coefficient (Wildman–Crippen LogP) is 1.23. The van der Waals surface area contributed by atoms with Crippen molar-refractivity contribution in [3.05, 3.63) is 23.9 Å². The first-order valence-corrected chi connectivity index (χ1v) is 6.06. The van der Waals surface area contributed by atoms with Crippen LogP contribution in [0.25, 0.3) is 0 Å². The number of hydrogen-bond acceptors (Lipinski definition) is 4. The zero-order valence-corrected chi connectivity index (χ0v) is 10.9. The van der Waals surface area contributed by atoms with E-state index < -0.39 is 12.0 Å². The monoisotopic (exact) mass is 264 g/mol. The zero-order chi connectivity index (χ0) is 14.0. The quantitative estimate of drug-likeness (QED) is 0.865. The van der Waals surface area contributed by atoms with Crippen molar-refractivity contribution in [1.29, 1.82) is 0 Å². The van der Waals surface area contributed by atoms with E-state index in [1.54, 1.807) is 12.1 Å². The molecule has 1 unspecified atom stereocenters. The number of carbonyl (C=O) groups is 2. The Morgan fingerprint density at radius 2 is 2.16 bits per heavy atom. The van der Waals surface area contributed by atoms with Gasteiger partial charge in [0.1, 0.15) is 0 Å². The number of nitrogens with zero attached hydrogens (tertiary/aromatic N) is 2. The molecule has 1 aliphatic rings. The van der Waals surface area contributed by atoms with Crippen molar-refractivity contribution in [2.24, 2.45) is 0 Å². The van der Waals surface area contributed by atoms with Gasteiger partial charge in [-0.2, -0.15) is 0 Å². The number of hydrogen-bond donors (Lipinski definition) is 1. The minimum atomic E-state index is -1.05. The Labute approximate surface area is 111 Å². The van der Waals surface area contributed by atoms with Crippen molar-refractivity contribution < 1.29 is 19.4 Å². The number of carboxylic acids is 1. The number of methoxy groups -OCH3 is 1. The van der Waals surface area contributed by atoms with Crippen molar-refractivity contribution in [2.45, 2.75) is 31.8 Å². The average molecular weight is 264 g/mol. The highest BCUT2D eigenvalue weighted by atomic mass is 16.5. The van der Waals surface area contributed by atoms with E-state index in [-0.39, 0.29) is 11.9 Å². The first-order valence-electron chi connectivity index (χ1n) is 6.06. The van der Waals surface area contributed by atoms with E-state index in [9.17, 15) is 14.7 Å². The van der Waals surface area contributed by atoms with Gasteiger partial charge in [0.2, 0.25) is 11.8 Å². The van der Waals surface area contributed by atoms with Crippen LogP contribution in [0.2, 0.25) is 0 Å². The van der Waals surface area contributed by atoms with E-state index in [2.05, 4.69) is 4.98 Å². The Morgan fingerprint density at radius 3 is 2.53 bits per heavy atom. The van der Waals surface area contributed by atoms with E-state index in [4.69, 9.17) is 4.74 Å². The van der Waals surface area contributed by atoms with E-state index in [0.29, 0.717) is 11.4 Å². The van der Waals surface area contributed by atoms with Crippen molar-refractivity contribution in [3.8, 4) is 5.88 Å². The summed E-state index contributed by atoms with van der Waals surface area (Å²) in [6, 6.07) is 2.27. The van der Waals surface area contributed by atoms with Crippen LogP contribution >= 0.6 is 0 Å². The molecule has 1 fully saturated rings. The Morgan fingerprint density at radius 1 is 1.47 bits per heavy atom. The zero-order valence-electron chi connectivity index (χ0n) is 10.9. The molecule has 1 aliphatic carbocycles. The second-order valence-electron chi connectivity index (χ2n) is 4.53. The standard InChI is InChI=1S/C13H16N2O4/c1-8(16)15(10-4-5-10)12(13(17)18)9-3-6-11(19-2)14-7-9/h3,6-7,10,12H,4-5H2,1-2H3,(H,17,18). The minimum Gasteiger partial charge on any atom is -0.481 e. The summed E-state index contributed by atoms with van der Waals surface area (Å²) in [6.07, 6.45) is 3.15. The SMILES string of the molecule is COc1ccc(C(C(=O)O)N(C(C)=O)C2CC2)cn1. The highest BCUT2D eigenvalue weighted by molar-refractivity contribution is 5.84. The van der Waals surface area contributed by atoms with Crippen LogP contribution < -0.4 is 4.74 Å². The summed E-state index contributed by atoms with van der Waals surface area (Å²) in [5, 5.41) is 9.40. The van der Waals surface area contributed by atoms with Crippen molar-refractivity contribution in [3.63, 3.8) is 0 Å². The first-order chi connectivity index (χ1) is 9.04. The second kappa shape index (κ2) is 5.26. The van der Waals surface area contributed by atoms with Crippen LogP contribution in [0.15, 0.2) is 18.3 Å². The third-order valence-electron chi connectivity index (χ3n) is 3.10. The molecule has 1 aromatic rings. The topological polar surface area (TPSA) is 79.7 Å². The van der Waals surface area contributed by atoms with Crippen LogP contribution in [-0.2, 0) is 9.59 Å². The highest BCUT2D eigenvalue weighted by Gasteiger charge is 2.40. The van der Waals surface area contributed by atoms with Gasteiger partial charge >= 0.3 is 5.97 Å². The molecular formula is C13H16N2O4. The molecule has 6 heteroatoms. The Kier molecular flexibility index (Phi) is 3.69. The number of rotatable bonds is 5. The van der Waals surface area contributed by atoms with Gasteiger partial charge in [-0.05, 0) is 18.9 Å². The molecule has 0 saturated heterocycles. The molecule has 0 aromatic carbocycles. The Hall–Kier alpha value is -2.11. The number of pyridine rings is 1. The molecule has 102 valence electrons. The summed E-state index contributed by atoms with van der Waals surface area (Å²) in [6.45, 7) is 1.39. The lowest BCUT2D eigenvalue weighted by atomic mass is 10.1. The normalized spacial score (nSPS) is 15.7. The van der Waals surface area contributed by atoms with E-state index >= 15 is 0 Å². The lowest BCUT2D eigenvalue weighted by Gasteiger charge is -2.28. The van der Waals surface area contributed by atoms with Gasteiger partial charge in [-0.3, -0.25) is 4.79 Å². The predicted molar refractivity (Wildman–Crippen MR) is 66.7 cm³/mol. The lowest BCUT2D eigenvalue weighted by molar-refractivity contribution is -0.150. The molecule has 0 bridgehead atoms. The summed E-state index contributed by atoms with van der Waals surface area (Å²) < 4.78 is 4.94. The summed E-state index contributed by atoms with van der Waals surface area (Å²) in [7, 11) is 1.49. The smallest absolute Gasteiger partial charge is 0.331 e. The minimum absolute atomic E-state index is 0.0284. The highest BCUT2D eigenvalue weighted by Crippen LogP contribution is 2.34. The van der Waals surface area contributed by atoms with Crippen LogP contribution in [0.3, 0.4) is 0 Å². The molecule has 1 aromatic heterocycles. The number of aliphatic carboxylic acids is 1. The van der Waals surface area contributed by atoms with Gasteiger partial charge in [-0.25, -0.2) is 9.78 Å². The summed E-state index contributed by atoms with van der Waals surface area (Å²) in [5.41, 5.74) is 0.482. The first kappa shape index (κ1) is 13.3. The van der Waals surface area contributed by atoms with Crippen LogP contribution in [0.1, 0.15) is 31.4 Å². The third kappa shape index (κ3) is 2.83. The summed E-state index contributed by atoms with van der Waals surface area (Å²) in [5.74, 6) is -0.867. The molecule has 0 radical (unpaired) electrons. The Bertz CT molecular complexity index is 482. The molecule has 6 nitrogen and oxygen atoms in total. The van der Waals surface area contributed by atoms with Crippen LogP contribution in [0.4, 0.5) is 0 Å². The Balaban J connectivity index is 2.32. The lowest BCUT2D eigenvalue weighted by Crippen LogP contribution is -2.39. The molecule has 1 heterocycles. The van der Waals surface area contributed by atoms with Gasteiger partial charge in [0, 0.05) is 30.8 Å². The van der Waals surface area contributed by atoms with Gasteiger partial charge in [0.05, 0.1) is 7.11 Å². The average Bonchev–Trinajstić information content (AvgIpc) is 3.19. The molecule has 0 aliphatic heterocycles.